The number of rotatable bonds is 1. The van der Waals surface area contributed by atoms with Gasteiger partial charge in [0.1, 0.15) is 0 Å². The van der Waals surface area contributed by atoms with Crippen LogP contribution in [0.3, 0.4) is 0 Å². The molecule has 4 heteroatoms. The second-order valence-electron chi connectivity index (χ2n) is 2.94. The average molecular weight is 227 g/mol. The van der Waals surface area contributed by atoms with Crippen LogP contribution in [-0.4, -0.2) is 4.98 Å². The van der Waals surface area contributed by atoms with Crippen LogP contribution in [0.2, 0.25) is 10.0 Å². The van der Waals surface area contributed by atoms with E-state index in [-0.39, 0.29) is 0 Å². The first kappa shape index (κ1) is 9.71. The molecule has 0 aliphatic carbocycles. The van der Waals surface area contributed by atoms with E-state index in [2.05, 4.69) is 4.98 Å². The van der Waals surface area contributed by atoms with Crippen LogP contribution in [0.15, 0.2) is 24.4 Å². The molecule has 1 aromatic heterocycles. The third-order valence-electron chi connectivity index (χ3n) is 2.07. The van der Waals surface area contributed by atoms with Crippen LogP contribution in [0.4, 0.5) is 0 Å². The van der Waals surface area contributed by atoms with Gasteiger partial charge >= 0.3 is 0 Å². The summed E-state index contributed by atoms with van der Waals surface area (Å²) in [4.78, 5) is 4.22. The molecule has 0 amide bonds. The van der Waals surface area contributed by atoms with Gasteiger partial charge in [0.15, 0.2) is 0 Å². The highest BCUT2D eigenvalue weighted by atomic mass is 35.5. The van der Waals surface area contributed by atoms with Crippen LogP contribution in [0.5, 0.6) is 0 Å². The summed E-state index contributed by atoms with van der Waals surface area (Å²) >= 11 is 12.1. The van der Waals surface area contributed by atoms with Crippen molar-refractivity contribution in [3.05, 3.63) is 40.0 Å². The molecule has 1 heterocycles. The molecule has 0 atom stereocenters. The molecule has 0 unspecified atom stereocenters. The number of halogens is 2. The van der Waals surface area contributed by atoms with E-state index in [1.54, 1.807) is 12.3 Å². The molecule has 0 fully saturated rings. The summed E-state index contributed by atoms with van der Waals surface area (Å²) in [7, 11) is 0. The SMILES string of the molecule is NCc1cnc2c(Cl)cccc2c1Cl. The number of hydrogen-bond acceptors (Lipinski definition) is 2. The average Bonchev–Trinajstić information content (AvgIpc) is 2.20. The normalized spacial score (nSPS) is 10.8. The van der Waals surface area contributed by atoms with Gasteiger partial charge < -0.3 is 5.73 Å². The fraction of sp³-hybridized carbons (Fsp3) is 0.100. The Bertz CT molecular complexity index is 483. The summed E-state index contributed by atoms with van der Waals surface area (Å²) < 4.78 is 0. The van der Waals surface area contributed by atoms with E-state index < -0.39 is 0 Å². The minimum absolute atomic E-state index is 0.383. The number of nitrogens with zero attached hydrogens (tertiary/aromatic N) is 1. The third kappa shape index (κ3) is 1.46. The summed E-state index contributed by atoms with van der Waals surface area (Å²) in [5, 5.41) is 2.09. The number of benzene rings is 1. The van der Waals surface area contributed by atoms with E-state index in [1.165, 1.54) is 0 Å². The quantitative estimate of drug-likeness (QED) is 0.813. The van der Waals surface area contributed by atoms with E-state index in [4.69, 9.17) is 28.9 Å². The summed E-state index contributed by atoms with van der Waals surface area (Å²) in [6.07, 6.45) is 1.66. The molecule has 2 rings (SSSR count). The molecule has 2 N–H and O–H groups in total. The Morgan fingerprint density at radius 2 is 2.07 bits per heavy atom. The highest BCUT2D eigenvalue weighted by Crippen LogP contribution is 2.29. The molecule has 2 aromatic rings. The zero-order valence-electron chi connectivity index (χ0n) is 7.30. The molecule has 72 valence electrons. The summed E-state index contributed by atoms with van der Waals surface area (Å²) in [5.41, 5.74) is 7.08. The number of nitrogens with two attached hydrogens (primary N) is 1. The van der Waals surface area contributed by atoms with E-state index >= 15 is 0 Å². The second-order valence-corrected chi connectivity index (χ2v) is 3.72. The first-order valence-electron chi connectivity index (χ1n) is 4.15. The van der Waals surface area contributed by atoms with Crippen molar-refractivity contribution in [2.24, 2.45) is 5.73 Å². The van der Waals surface area contributed by atoms with Crippen LogP contribution in [0.1, 0.15) is 5.56 Å². The van der Waals surface area contributed by atoms with Crippen molar-refractivity contribution in [1.82, 2.24) is 4.98 Å². The molecule has 0 aliphatic rings. The molecule has 0 saturated heterocycles. The number of fused-ring (bicyclic) bond motifs is 1. The Morgan fingerprint density at radius 1 is 1.29 bits per heavy atom. The van der Waals surface area contributed by atoms with E-state index in [0.29, 0.717) is 16.6 Å². The second kappa shape index (κ2) is 3.73. The van der Waals surface area contributed by atoms with Gasteiger partial charge in [0.25, 0.3) is 0 Å². The van der Waals surface area contributed by atoms with Crippen molar-refractivity contribution >= 4 is 34.1 Å². The molecule has 0 saturated carbocycles. The summed E-state index contributed by atoms with van der Waals surface area (Å²) in [6.45, 7) is 0.383. The fourth-order valence-electron chi connectivity index (χ4n) is 1.34. The highest BCUT2D eigenvalue weighted by Gasteiger charge is 2.07. The predicted molar refractivity (Wildman–Crippen MR) is 59.7 cm³/mol. The van der Waals surface area contributed by atoms with E-state index in [9.17, 15) is 0 Å². The van der Waals surface area contributed by atoms with Crippen molar-refractivity contribution in [2.45, 2.75) is 6.54 Å². The molecule has 14 heavy (non-hydrogen) atoms. The molecule has 0 bridgehead atoms. The maximum Gasteiger partial charge on any atom is 0.0903 e. The van der Waals surface area contributed by atoms with Crippen molar-refractivity contribution in [3.8, 4) is 0 Å². The number of aromatic nitrogens is 1. The first-order valence-corrected chi connectivity index (χ1v) is 4.91. The zero-order chi connectivity index (χ0) is 10.1. The van der Waals surface area contributed by atoms with Gasteiger partial charge in [0, 0.05) is 23.7 Å². The number of pyridine rings is 1. The largest absolute Gasteiger partial charge is 0.326 e. The van der Waals surface area contributed by atoms with Crippen molar-refractivity contribution < 1.29 is 0 Å². The first-order chi connectivity index (χ1) is 6.74. The van der Waals surface area contributed by atoms with Crippen molar-refractivity contribution in [2.75, 3.05) is 0 Å². The molecule has 2 nitrogen and oxygen atoms in total. The molecule has 0 spiro atoms. The van der Waals surface area contributed by atoms with Gasteiger partial charge in [-0.25, -0.2) is 0 Å². The van der Waals surface area contributed by atoms with Crippen molar-refractivity contribution in [3.63, 3.8) is 0 Å². The van der Waals surface area contributed by atoms with Gasteiger partial charge in [0.05, 0.1) is 15.6 Å². The number of hydrogen-bond donors (Lipinski definition) is 1. The summed E-state index contributed by atoms with van der Waals surface area (Å²) in [5.74, 6) is 0. The third-order valence-corrected chi connectivity index (χ3v) is 2.83. The summed E-state index contributed by atoms with van der Waals surface area (Å²) in [6, 6.07) is 5.52. The number of para-hydroxylation sites is 1. The topological polar surface area (TPSA) is 38.9 Å². The van der Waals surface area contributed by atoms with Gasteiger partial charge in [-0.15, -0.1) is 0 Å². The van der Waals surface area contributed by atoms with Gasteiger partial charge in [-0.3, -0.25) is 4.98 Å². The molecular formula is C10H8Cl2N2. The van der Waals surface area contributed by atoms with Crippen molar-refractivity contribution in [1.29, 1.82) is 0 Å². The zero-order valence-corrected chi connectivity index (χ0v) is 8.81. The van der Waals surface area contributed by atoms with Gasteiger partial charge in [-0.1, -0.05) is 35.3 Å². The van der Waals surface area contributed by atoms with Crippen LogP contribution in [-0.2, 0) is 6.54 Å². The Balaban J connectivity index is 2.84. The van der Waals surface area contributed by atoms with Crippen LogP contribution < -0.4 is 5.73 Å². The Hall–Kier alpha value is -0.830. The van der Waals surface area contributed by atoms with E-state index in [0.717, 1.165) is 16.5 Å². The lowest BCUT2D eigenvalue weighted by Crippen LogP contribution is -1.98. The van der Waals surface area contributed by atoms with Gasteiger partial charge in [-0.2, -0.15) is 0 Å². The maximum atomic E-state index is 6.14. The van der Waals surface area contributed by atoms with Crippen LogP contribution in [0.25, 0.3) is 10.9 Å². The predicted octanol–water partition coefficient (Wildman–Crippen LogP) is 3.00. The Morgan fingerprint density at radius 3 is 2.79 bits per heavy atom. The molecule has 0 radical (unpaired) electrons. The standard InChI is InChI=1S/C10H8Cl2N2/c11-8-3-1-2-7-9(12)6(4-13)5-14-10(7)8/h1-3,5H,4,13H2. The lowest BCUT2D eigenvalue weighted by atomic mass is 10.1. The monoisotopic (exact) mass is 226 g/mol. The highest BCUT2D eigenvalue weighted by molar-refractivity contribution is 6.39. The molecular weight excluding hydrogens is 219 g/mol. The lowest BCUT2D eigenvalue weighted by Gasteiger charge is -2.05. The van der Waals surface area contributed by atoms with E-state index in [1.807, 2.05) is 12.1 Å². The lowest BCUT2D eigenvalue weighted by molar-refractivity contribution is 1.06. The maximum absolute atomic E-state index is 6.14. The minimum Gasteiger partial charge on any atom is -0.326 e. The Labute approximate surface area is 91.6 Å². The van der Waals surface area contributed by atoms with Gasteiger partial charge in [-0.05, 0) is 6.07 Å². The minimum atomic E-state index is 0.383. The van der Waals surface area contributed by atoms with Gasteiger partial charge in [0.2, 0.25) is 0 Å². The van der Waals surface area contributed by atoms with Crippen LogP contribution >= 0.6 is 23.2 Å². The molecule has 1 aromatic carbocycles. The molecule has 0 aliphatic heterocycles. The van der Waals surface area contributed by atoms with Crippen LogP contribution in [0, 0.1) is 0 Å². The Kier molecular flexibility index (Phi) is 2.59. The smallest absolute Gasteiger partial charge is 0.0903 e. The fourth-order valence-corrected chi connectivity index (χ4v) is 1.84.